The normalized spacial score (nSPS) is 17.1. The standard InChI is InChI=1S/C9H11FN2O/c1-6(13)8-5-11-12(9(8)10)7-3-2-4-7/h5,7H,2-4H2,1H3. The van der Waals surface area contributed by atoms with E-state index in [1.165, 1.54) is 17.8 Å². The van der Waals surface area contributed by atoms with Crippen LogP contribution in [0.25, 0.3) is 0 Å². The quantitative estimate of drug-likeness (QED) is 0.655. The van der Waals surface area contributed by atoms with Crippen LogP contribution in [0.4, 0.5) is 4.39 Å². The van der Waals surface area contributed by atoms with E-state index in [-0.39, 0.29) is 17.4 Å². The molecule has 1 saturated carbocycles. The topological polar surface area (TPSA) is 34.9 Å². The molecule has 1 aliphatic carbocycles. The first-order chi connectivity index (χ1) is 6.20. The highest BCUT2D eigenvalue weighted by Crippen LogP contribution is 2.32. The average Bonchev–Trinajstić information content (AvgIpc) is 2.29. The maximum atomic E-state index is 13.4. The molecule has 0 N–H and O–H groups in total. The molecule has 3 nitrogen and oxygen atoms in total. The zero-order chi connectivity index (χ0) is 9.42. The molecule has 1 aromatic rings. The van der Waals surface area contributed by atoms with Crippen molar-refractivity contribution in [1.82, 2.24) is 9.78 Å². The summed E-state index contributed by atoms with van der Waals surface area (Å²) in [7, 11) is 0. The van der Waals surface area contributed by atoms with Crippen LogP contribution in [0.5, 0.6) is 0 Å². The molecule has 1 aromatic heterocycles. The molecule has 0 bridgehead atoms. The first kappa shape index (κ1) is 8.41. The second-order valence-corrected chi connectivity index (χ2v) is 3.43. The summed E-state index contributed by atoms with van der Waals surface area (Å²) in [6.07, 6.45) is 4.38. The Bertz CT molecular complexity index is 341. The monoisotopic (exact) mass is 182 g/mol. The molecule has 0 saturated heterocycles. The Balaban J connectivity index is 2.32. The first-order valence-electron chi connectivity index (χ1n) is 4.44. The molecule has 1 fully saturated rings. The zero-order valence-corrected chi connectivity index (χ0v) is 7.46. The van der Waals surface area contributed by atoms with Crippen LogP contribution < -0.4 is 0 Å². The van der Waals surface area contributed by atoms with E-state index in [1.54, 1.807) is 0 Å². The van der Waals surface area contributed by atoms with Crippen molar-refractivity contribution in [3.63, 3.8) is 0 Å². The van der Waals surface area contributed by atoms with Crippen LogP contribution in [0, 0.1) is 5.95 Å². The second kappa shape index (κ2) is 2.94. The van der Waals surface area contributed by atoms with Gasteiger partial charge in [-0.15, -0.1) is 0 Å². The third kappa shape index (κ3) is 1.26. The number of ketones is 1. The summed E-state index contributed by atoms with van der Waals surface area (Å²) in [6, 6.07) is 0.174. The largest absolute Gasteiger partial charge is 0.294 e. The maximum Gasteiger partial charge on any atom is 0.222 e. The summed E-state index contributed by atoms with van der Waals surface area (Å²) in [5.74, 6) is -0.736. The molecule has 0 spiro atoms. The van der Waals surface area contributed by atoms with Crippen LogP contribution in [0.2, 0.25) is 0 Å². The van der Waals surface area contributed by atoms with Crippen LogP contribution >= 0.6 is 0 Å². The lowest BCUT2D eigenvalue weighted by atomic mass is 9.93. The molecule has 70 valence electrons. The highest BCUT2D eigenvalue weighted by molar-refractivity contribution is 5.93. The van der Waals surface area contributed by atoms with Crippen molar-refractivity contribution in [1.29, 1.82) is 0 Å². The number of nitrogens with zero attached hydrogens (tertiary/aromatic N) is 2. The van der Waals surface area contributed by atoms with Crippen LogP contribution in [-0.4, -0.2) is 15.6 Å². The van der Waals surface area contributed by atoms with Gasteiger partial charge in [0.1, 0.15) is 0 Å². The number of hydrogen-bond donors (Lipinski definition) is 0. The molecular formula is C9H11FN2O. The fourth-order valence-electron chi connectivity index (χ4n) is 1.47. The summed E-state index contributed by atoms with van der Waals surface area (Å²) >= 11 is 0. The van der Waals surface area contributed by atoms with Crippen molar-refractivity contribution in [3.05, 3.63) is 17.7 Å². The number of aromatic nitrogens is 2. The summed E-state index contributed by atoms with van der Waals surface area (Å²) in [6.45, 7) is 1.35. The fraction of sp³-hybridized carbons (Fsp3) is 0.556. The van der Waals surface area contributed by atoms with Gasteiger partial charge >= 0.3 is 0 Å². The lowest BCUT2D eigenvalue weighted by molar-refractivity contribution is 0.101. The minimum Gasteiger partial charge on any atom is -0.294 e. The number of carbonyl (C=O) groups excluding carboxylic acids is 1. The number of halogens is 1. The van der Waals surface area contributed by atoms with Gasteiger partial charge in [0.25, 0.3) is 0 Å². The Morgan fingerprint density at radius 1 is 1.69 bits per heavy atom. The molecule has 1 heterocycles. The van der Waals surface area contributed by atoms with Crippen molar-refractivity contribution < 1.29 is 9.18 Å². The molecule has 4 heteroatoms. The van der Waals surface area contributed by atoms with Crippen LogP contribution in [0.1, 0.15) is 42.6 Å². The molecule has 0 aliphatic heterocycles. The van der Waals surface area contributed by atoms with E-state index in [2.05, 4.69) is 5.10 Å². The van der Waals surface area contributed by atoms with Crippen molar-refractivity contribution in [3.8, 4) is 0 Å². The van der Waals surface area contributed by atoms with Gasteiger partial charge in [0, 0.05) is 0 Å². The van der Waals surface area contributed by atoms with E-state index < -0.39 is 5.95 Å². The Labute approximate surface area is 75.5 Å². The van der Waals surface area contributed by atoms with Crippen molar-refractivity contribution in [2.24, 2.45) is 0 Å². The molecule has 0 atom stereocenters. The molecule has 13 heavy (non-hydrogen) atoms. The van der Waals surface area contributed by atoms with Crippen molar-refractivity contribution in [2.45, 2.75) is 32.2 Å². The fourth-order valence-corrected chi connectivity index (χ4v) is 1.47. The Morgan fingerprint density at radius 3 is 2.77 bits per heavy atom. The highest BCUT2D eigenvalue weighted by atomic mass is 19.1. The van der Waals surface area contributed by atoms with Gasteiger partial charge in [-0.1, -0.05) is 0 Å². The van der Waals surface area contributed by atoms with Crippen molar-refractivity contribution in [2.75, 3.05) is 0 Å². The van der Waals surface area contributed by atoms with Crippen molar-refractivity contribution >= 4 is 5.78 Å². The molecular weight excluding hydrogens is 171 g/mol. The van der Waals surface area contributed by atoms with Crippen LogP contribution in [0.15, 0.2) is 6.20 Å². The van der Waals surface area contributed by atoms with E-state index in [9.17, 15) is 9.18 Å². The molecule has 0 unspecified atom stereocenters. The van der Waals surface area contributed by atoms with Gasteiger partial charge in [-0.05, 0) is 26.2 Å². The summed E-state index contributed by atoms with van der Waals surface area (Å²) < 4.78 is 14.8. The zero-order valence-electron chi connectivity index (χ0n) is 7.46. The van der Waals surface area contributed by atoms with E-state index >= 15 is 0 Å². The minimum atomic E-state index is -0.475. The third-order valence-electron chi connectivity index (χ3n) is 2.53. The van der Waals surface area contributed by atoms with E-state index in [0.717, 1.165) is 19.3 Å². The van der Waals surface area contributed by atoms with Gasteiger partial charge in [-0.2, -0.15) is 9.49 Å². The smallest absolute Gasteiger partial charge is 0.222 e. The molecule has 0 radical (unpaired) electrons. The average molecular weight is 182 g/mol. The minimum absolute atomic E-state index is 0.104. The molecule has 2 rings (SSSR count). The highest BCUT2D eigenvalue weighted by Gasteiger charge is 2.25. The first-order valence-corrected chi connectivity index (χ1v) is 4.44. The van der Waals surface area contributed by atoms with E-state index in [0.29, 0.717) is 0 Å². The van der Waals surface area contributed by atoms with Gasteiger partial charge < -0.3 is 0 Å². The molecule has 0 amide bonds. The summed E-state index contributed by atoms with van der Waals surface area (Å²) in [4.78, 5) is 10.9. The molecule has 0 aromatic carbocycles. The predicted molar refractivity (Wildman–Crippen MR) is 45.1 cm³/mol. The number of Topliss-reactive ketones (excluding diaryl/α,β-unsaturated/α-hetero) is 1. The van der Waals surface area contributed by atoms with E-state index in [1.807, 2.05) is 0 Å². The summed E-state index contributed by atoms with van der Waals surface area (Å²) in [5, 5.41) is 3.88. The van der Waals surface area contributed by atoms with Crippen LogP contribution in [0.3, 0.4) is 0 Å². The lowest BCUT2D eigenvalue weighted by Crippen LogP contribution is -2.20. The number of hydrogen-bond acceptors (Lipinski definition) is 2. The number of carbonyl (C=O) groups is 1. The Morgan fingerprint density at radius 2 is 2.38 bits per heavy atom. The Kier molecular flexibility index (Phi) is 1.90. The van der Waals surface area contributed by atoms with Crippen LogP contribution in [-0.2, 0) is 0 Å². The van der Waals surface area contributed by atoms with Gasteiger partial charge in [0.05, 0.1) is 17.8 Å². The Hall–Kier alpha value is -1.19. The number of rotatable bonds is 2. The van der Waals surface area contributed by atoms with Gasteiger partial charge in [-0.25, -0.2) is 4.68 Å². The SMILES string of the molecule is CC(=O)c1cnn(C2CCC2)c1F. The maximum absolute atomic E-state index is 13.4. The third-order valence-corrected chi connectivity index (χ3v) is 2.53. The second-order valence-electron chi connectivity index (χ2n) is 3.43. The predicted octanol–water partition coefficient (Wildman–Crippen LogP) is 1.95. The van der Waals surface area contributed by atoms with Gasteiger partial charge in [0.2, 0.25) is 5.95 Å². The molecule has 1 aliphatic rings. The van der Waals surface area contributed by atoms with Gasteiger partial charge in [-0.3, -0.25) is 4.79 Å². The lowest BCUT2D eigenvalue weighted by Gasteiger charge is -2.25. The van der Waals surface area contributed by atoms with Gasteiger partial charge in [0.15, 0.2) is 5.78 Å². The van der Waals surface area contributed by atoms with E-state index in [4.69, 9.17) is 0 Å². The summed E-state index contributed by atoms with van der Waals surface area (Å²) in [5.41, 5.74) is 0.104.